The van der Waals surface area contributed by atoms with Gasteiger partial charge in [-0.25, -0.2) is 4.79 Å². The van der Waals surface area contributed by atoms with Crippen molar-refractivity contribution in [3.8, 4) is 5.75 Å². The van der Waals surface area contributed by atoms with Crippen LogP contribution in [0.3, 0.4) is 0 Å². The lowest BCUT2D eigenvalue weighted by Crippen LogP contribution is -2.26. The zero-order chi connectivity index (χ0) is 11.1. The number of carbonyl (C=O) groups is 1. The van der Waals surface area contributed by atoms with E-state index in [0.717, 1.165) is 6.42 Å². The second-order valence-corrected chi connectivity index (χ2v) is 3.24. The van der Waals surface area contributed by atoms with Gasteiger partial charge in [0, 0.05) is 0 Å². The molecule has 0 saturated heterocycles. The summed E-state index contributed by atoms with van der Waals surface area (Å²) in [5.41, 5.74) is 0. The van der Waals surface area contributed by atoms with Crippen molar-refractivity contribution >= 4 is 5.97 Å². The Morgan fingerprint density at radius 1 is 1.33 bits per heavy atom. The predicted molar refractivity (Wildman–Crippen MR) is 57.8 cm³/mol. The van der Waals surface area contributed by atoms with Gasteiger partial charge >= 0.3 is 5.97 Å². The molecule has 1 rings (SSSR count). The average Bonchev–Trinajstić information content (AvgIpc) is 2.27. The molecule has 82 valence electrons. The molecule has 3 nitrogen and oxygen atoms in total. The lowest BCUT2D eigenvalue weighted by atomic mass is 10.3. The van der Waals surface area contributed by atoms with Gasteiger partial charge in [-0.1, -0.05) is 25.1 Å². The molecule has 0 aliphatic rings. The van der Waals surface area contributed by atoms with Crippen LogP contribution in [0.1, 0.15) is 20.3 Å². The first-order valence-electron chi connectivity index (χ1n) is 5.12. The van der Waals surface area contributed by atoms with Crippen LogP contribution in [0.25, 0.3) is 0 Å². The zero-order valence-corrected chi connectivity index (χ0v) is 9.10. The van der Waals surface area contributed by atoms with E-state index >= 15 is 0 Å². The summed E-state index contributed by atoms with van der Waals surface area (Å²) < 4.78 is 10.4. The third-order valence-electron chi connectivity index (χ3n) is 1.84. The Morgan fingerprint density at radius 2 is 2.00 bits per heavy atom. The molecular formula is C12H16O3. The molecule has 0 fully saturated rings. The lowest BCUT2D eigenvalue weighted by molar-refractivity contribution is -0.151. The SMILES string of the molecule is CCCOC(=O)C(C)Oc1ccccc1. The first-order valence-corrected chi connectivity index (χ1v) is 5.12. The minimum atomic E-state index is -0.557. The van der Waals surface area contributed by atoms with Gasteiger partial charge in [-0.05, 0) is 25.5 Å². The highest BCUT2D eigenvalue weighted by molar-refractivity contribution is 5.74. The molecule has 1 atom stereocenters. The van der Waals surface area contributed by atoms with E-state index in [0.29, 0.717) is 12.4 Å². The molecule has 1 aromatic rings. The van der Waals surface area contributed by atoms with Gasteiger partial charge in [0.1, 0.15) is 5.75 Å². The van der Waals surface area contributed by atoms with Crippen molar-refractivity contribution in [2.45, 2.75) is 26.4 Å². The van der Waals surface area contributed by atoms with Crippen molar-refractivity contribution in [2.24, 2.45) is 0 Å². The predicted octanol–water partition coefficient (Wildman–Crippen LogP) is 2.41. The number of hydrogen-bond acceptors (Lipinski definition) is 3. The quantitative estimate of drug-likeness (QED) is 0.697. The van der Waals surface area contributed by atoms with Crippen molar-refractivity contribution in [1.82, 2.24) is 0 Å². The fourth-order valence-corrected chi connectivity index (χ4v) is 1.07. The third-order valence-corrected chi connectivity index (χ3v) is 1.84. The molecule has 3 heteroatoms. The largest absolute Gasteiger partial charge is 0.479 e. The van der Waals surface area contributed by atoms with Crippen molar-refractivity contribution in [2.75, 3.05) is 6.61 Å². The van der Waals surface area contributed by atoms with Crippen molar-refractivity contribution in [1.29, 1.82) is 0 Å². The molecular weight excluding hydrogens is 192 g/mol. The van der Waals surface area contributed by atoms with Crippen LogP contribution in [0, 0.1) is 0 Å². The van der Waals surface area contributed by atoms with Crippen LogP contribution in [0.4, 0.5) is 0 Å². The number of esters is 1. The van der Waals surface area contributed by atoms with Crippen LogP contribution in [-0.2, 0) is 9.53 Å². The van der Waals surface area contributed by atoms with Crippen LogP contribution in [0.5, 0.6) is 5.75 Å². The maximum Gasteiger partial charge on any atom is 0.347 e. The summed E-state index contributed by atoms with van der Waals surface area (Å²) in [6.45, 7) is 4.09. The molecule has 0 bridgehead atoms. The minimum absolute atomic E-state index is 0.319. The van der Waals surface area contributed by atoms with E-state index in [1.54, 1.807) is 6.92 Å². The fourth-order valence-electron chi connectivity index (χ4n) is 1.07. The first-order chi connectivity index (χ1) is 7.24. The molecule has 0 saturated carbocycles. The van der Waals surface area contributed by atoms with Crippen LogP contribution in [0.15, 0.2) is 30.3 Å². The highest BCUT2D eigenvalue weighted by Crippen LogP contribution is 2.11. The molecule has 0 aromatic heterocycles. The number of hydrogen-bond donors (Lipinski definition) is 0. The summed E-state index contributed by atoms with van der Waals surface area (Å²) in [6, 6.07) is 9.24. The summed E-state index contributed by atoms with van der Waals surface area (Å²) >= 11 is 0. The molecule has 0 N–H and O–H groups in total. The van der Waals surface area contributed by atoms with Crippen LogP contribution >= 0.6 is 0 Å². The van der Waals surface area contributed by atoms with Gasteiger partial charge in [-0.2, -0.15) is 0 Å². The Kier molecular flexibility index (Phi) is 4.68. The molecule has 0 heterocycles. The van der Waals surface area contributed by atoms with Gasteiger partial charge in [0.25, 0.3) is 0 Å². The summed E-state index contributed by atoms with van der Waals surface area (Å²) in [7, 11) is 0. The molecule has 15 heavy (non-hydrogen) atoms. The summed E-state index contributed by atoms with van der Waals surface area (Å²) in [5.74, 6) is 0.360. The van der Waals surface area contributed by atoms with E-state index < -0.39 is 6.10 Å². The van der Waals surface area contributed by atoms with E-state index in [-0.39, 0.29) is 5.97 Å². The smallest absolute Gasteiger partial charge is 0.347 e. The van der Waals surface area contributed by atoms with Crippen LogP contribution in [0.2, 0.25) is 0 Å². The number of ether oxygens (including phenoxy) is 2. The highest BCUT2D eigenvalue weighted by Gasteiger charge is 2.15. The monoisotopic (exact) mass is 208 g/mol. The standard InChI is InChI=1S/C12H16O3/c1-3-9-14-12(13)10(2)15-11-7-5-4-6-8-11/h4-8,10H,3,9H2,1-2H3. The number of carbonyl (C=O) groups excluding carboxylic acids is 1. The number of benzene rings is 1. The van der Waals surface area contributed by atoms with E-state index in [4.69, 9.17) is 9.47 Å². The van der Waals surface area contributed by atoms with Crippen molar-refractivity contribution in [3.05, 3.63) is 30.3 Å². The maximum atomic E-state index is 11.4. The molecule has 0 spiro atoms. The van der Waals surface area contributed by atoms with Crippen LogP contribution < -0.4 is 4.74 Å². The second-order valence-electron chi connectivity index (χ2n) is 3.24. The van der Waals surface area contributed by atoms with E-state index in [9.17, 15) is 4.79 Å². The van der Waals surface area contributed by atoms with E-state index in [1.807, 2.05) is 37.3 Å². The molecule has 1 aromatic carbocycles. The molecule has 0 aliphatic heterocycles. The molecule has 1 unspecified atom stereocenters. The van der Waals surface area contributed by atoms with E-state index in [2.05, 4.69) is 0 Å². The minimum Gasteiger partial charge on any atom is -0.479 e. The third kappa shape index (κ3) is 4.02. The Balaban J connectivity index is 2.41. The summed E-state index contributed by atoms with van der Waals surface area (Å²) in [6.07, 6.45) is 0.267. The van der Waals surface area contributed by atoms with Crippen molar-refractivity contribution < 1.29 is 14.3 Å². The summed E-state index contributed by atoms with van der Waals surface area (Å²) in [5, 5.41) is 0. The van der Waals surface area contributed by atoms with Crippen LogP contribution in [-0.4, -0.2) is 18.7 Å². The van der Waals surface area contributed by atoms with Gasteiger partial charge in [-0.3, -0.25) is 0 Å². The maximum absolute atomic E-state index is 11.4. The zero-order valence-electron chi connectivity index (χ0n) is 9.10. The normalized spacial score (nSPS) is 11.9. The van der Waals surface area contributed by atoms with E-state index in [1.165, 1.54) is 0 Å². The van der Waals surface area contributed by atoms with Gasteiger partial charge in [0.15, 0.2) is 6.10 Å². The topological polar surface area (TPSA) is 35.5 Å². The number of para-hydroxylation sites is 1. The number of rotatable bonds is 5. The Bertz CT molecular complexity index is 295. The van der Waals surface area contributed by atoms with Gasteiger partial charge < -0.3 is 9.47 Å². The van der Waals surface area contributed by atoms with Gasteiger partial charge in [0.2, 0.25) is 0 Å². The Morgan fingerprint density at radius 3 is 2.60 bits per heavy atom. The highest BCUT2D eigenvalue weighted by atomic mass is 16.6. The Hall–Kier alpha value is -1.51. The summed E-state index contributed by atoms with van der Waals surface area (Å²) in [4.78, 5) is 11.4. The first kappa shape index (κ1) is 11.6. The van der Waals surface area contributed by atoms with Crippen molar-refractivity contribution in [3.63, 3.8) is 0 Å². The van der Waals surface area contributed by atoms with Gasteiger partial charge in [0.05, 0.1) is 6.61 Å². The molecule has 0 radical (unpaired) electrons. The fraction of sp³-hybridized carbons (Fsp3) is 0.417. The molecule has 0 aliphatic carbocycles. The average molecular weight is 208 g/mol. The van der Waals surface area contributed by atoms with Gasteiger partial charge in [-0.15, -0.1) is 0 Å². The second kappa shape index (κ2) is 6.06. The lowest BCUT2D eigenvalue weighted by Gasteiger charge is -2.13. The Labute approximate surface area is 90.0 Å². The molecule has 0 amide bonds.